The van der Waals surface area contributed by atoms with E-state index in [4.69, 9.17) is 23.2 Å². The van der Waals surface area contributed by atoms with Crippen molar-refractivity contribution in [1.82, 2.24) is 0 Å². The number of aliphatic hydroxyl groups excluding tert-OH is 1. The van der Waals surface area contributed by atoms with E-state index in [1.54, 1.807) is 0 Å². The summed E-state index contributed by atoms with van der Waals surface area (Å²) >= 11 is 11.4. The Morgan fingerprint density at radius 1 is 1.38 bits per heavy atom. The Balaban J connectivity index is 3.28. The maximum absolute atomic E-state index is 12.7. The number of hydrogen-bond donors (Lipinski definition) is 1. The van der Waals surface area contributed by atoms with Gasteiger partial charge in [-0.3, -0.25) is 0 Å². The number of aliphatic hydroxyl groups is 1. The van der Waals surface area contributed by atoms with Crippen LogP contribution in [0.15, 0.2) is 24.8 Å². The van der Waals surface area contributed by atoms with Gasteiger partial charge in [-0.2, -0.15) is 0 Å². The van der Waals surface area contributed by atoms with Crippen molar-refractivity contribution in [2.75, 3.05) is 0 Å². The van der Waals surface area contributed by atoms with Crippen LogP contribution in [0, 0.1) is 5.82 Å². The minimum atomic E-state index is -0.972. The quantitative estimate of drug-likeness (QED) is 0.759. The van der Waals surface area contributed by atoms with Crippen LogP contribution in [0.2, 0.25) is 10.0 Å². The molecule has 70 valence electrons. The summed E-state index contributed by atoms with van der Waals surface area (Å²) < 4.78 is 12.7. The van der Waals surface area contributed by atoms with Gasteiger partial charge >= 0.3 is 0 Å². The van der Waals surface area contributed by atoms with Gasteiger partial charge in [-0.25, -0.2) is 4.39 Å². The molecule has 0 amide bonds. The molecule has 0 saturated carbocycles. The van der Waals surface area contributed by atoms with E-state index in [1.165, 1.54) is 6.08 Å². The van der Waals surface area contributed by atoms with Crippen LogP contribution in [0.1, 0.15) is 11.7 Å². The van der Waals surface area contributed by atoms with Crippen LogP contribution in [0.3, 0.4) is 0 Å². The lowest BCUT2D eigenvalue weighted by atomic mass is 10.1. The summed E-state index contributed by atoms with van der Waals surface area (Å²) in [6, 6.07) is 2.19. The molecule has 4 heteroatoms. The smallest absolute Gasteiger partial charge is 0.126 e. The predicted molar refractivity (Wildman–Crippen MR) is 51.6 cm³/mol. The standard InChI is InChI=1S/C9H7Cl2FO/c1-2-8(13)9-6(10)3-5(12)4-7(9)11/h2-4,8,13H,1H2. The molecule has 0 aliphatic carbocycles. The molecule has 1 atom stereocenters. The molecule has 0 aliphatic rings. The van der Waals surface area contributed by atoms with Crippen molar-refractivity contribution >= 4 is 23.2 Å². The zero-order chi connectivity index (χ0) is 10.0. The molecular formula is C9H7Cl2FO. The molecule has 0 spiro atoms. The highest BCUT2D eigenvalue weighted by atomic mass is 35.5. The molecule has 0 heterocycles. The average Bonchev–Trinajstić information content (AvgIpc) is 2.02. The summed E-state index contributed by atoms with van der Waals surface area (Å²) in [5.41, 5.74) is 0.278. The van der Waals surface area contributed by atoms with Crippen molar-refractivity contribution in [3.05, 3.63) is 46.2 Å². The van der Waals surface area contributed by atoms with E-state index in [0.717, 1.165) is 12.1 Å². The molecule has 1 aromatic carbocycles. The van der Waals surface area contributed by atoms with Gasteiger partial charge in [-0.15, -0.1) is 6.58 Å². The van der Waals surface area contributed by atoms with E-state index < -0.39 is 11.9 Å². The van der Waals surface area contributed by atoms with Crippen molar-refractivity contribution in [1.29, 1.82) is 0 Å². The lowest BCUT2D eigenvalue weighted by Gasteiger charge is -2.10. The molecule has 0 fully saturated rings. The number of rotatable bonds is 2. The summed E-state index contributed by atoms with van der Waals surface area (Å²) in [4.78, 5) is 0. The van der Waals surface area contributed by atoms with Gasteiger partial charge in [0, 0.05) is 5.56 Å². The van der Waals surface area contributed by atoms with Gasteiger partial charge in [0.1, 0.15) is 5.82 Å². The predicted octanol–water partition coefficient (Wildman–Crippen LogP) is 3.35. The molecule has 1 aromatic rings. The van der Waals surface area contributed by atoms with Gasteiger partial charge < -0.3 is 5.11 Å². The normalized spacial score (nSPS) is 12.6. The lowest BCUT2D eigenvalue weighted by molar-refractivity contribution is 0.229. The van der Waals surface area contributed by atoms with Crippen LogP contribution in [-0.2, 0) is 0 Å². The fourth-order valence-corrected chi connectivity index (χ4v) is 1.64. The van der Waals surface area contributed by atoms with Crippen LogP contribution in [0.25, 0.3) is 0 Å². The minimum absolute atomic E-state index is 0.0948. The molecule has 13 heavy (non-hydrogen) atoms. The largest absolute Gasteiger partial charge is 0.384 e. The highest BCUT2D eigenvalue weighted by Gasteiger charge is 2.13. The third-order valence-corrected chi connectivity index (χ3v) is 2.19. The average molecular weight is 221 g/mol. The monoisotopic (exact) mass is 220 g/mol. The van der Waals surface area contributed by atoms with Gasteiger partial charge in [-0.05, 0) is 12.1 Å². The Bertz CT molecular complexity index is 315. The van der Waals surface area contributed by atoms with E-state index >= 15 is 0 Å². The maximum Gasteiger partial charge on any atom is 0.126 e. The van der Waals surface area contributed by atoms with E-state index in [0.29, 0.717) is 0 Å². The second-order valence-corrected chi connectivity index (χ2v) is 3.28. The number of benzene rings is 1. The highest BCUT2D eigenvalue weighted by Crippen LogP contribution is 2.31. The van der Waals surface area contributed by atoms with Gasteiger partial charge in [-0.1, -0.05) is 29.3 Å². The molecule has 0 aromatic heterocycles. The summed E-state index contributed by atoms with van der Waals surface area (Å²) in [6.07, 6.45) is 0.297. The van der Waals surface area contributed by atoms with Gasteiger partial charge in [0.25, 0.3) is 0 Å². The second-order valence-electron chi connectivity index (χ2n) is 2.46. The van der Waals surface area contributed by atoms with Crippen LogP contribution in [0.5, 0.6) is 0 Å². The molecule has 1 unspecified atom stereocenters. The summed E-state index contributed by atoms with van der Waals surface area (Å²) in [5.74, 6) is -0.532. The molecule has 0 bridgehead atoms. The fraction of sp³-hybridized carbons (Fsp3) is 0.111. The van der Waals surface area contributed by atoms with E-state index in [2.05, 4.69) is 6.58 Å². The zero-order valence-corrected chi connectivity index (χ0v) is 8.11. The Labute approximate surface area is 85.4 Å². The Kier molecular flexibility index (Phi) is 3.31. The van der Waals surface area contributed by atoms with Gasteiger partial charge in [0.15, 0.2) is 0 Å². The first-order valence-corrected chi connectivity index (χ1v) is 4.27. The van der Waals surface area contributed by atoms with E-state index in [1.807, 2.05) is 0 Å². The first-order valence-electron chi connectivity index (χ1n) is 3.51. The van der Waals surface area contributed by atoms with E-state index in [-0.39, 0.29) is 15.6 Å². The van der Waals surface area contributed by atoms with Crippen molar-refractivity contribution < 1.29 is 9.50 Å². The van der Waals surface area contributed by atoms with E-state index in [9.17, 15) is 9.50 Å². The summed E-state index contributed by atoms with van der Waals surface area (Å²) in [5, 5.41) is 9.56. The van der Waals surface area contributed by atoms with Crippen molar-refractivity contribution in [3.8, 4) is 0 Å². The second kappa shape index (κ2) is 4.09. The highest BCUT2D eigenvalue weighted by molar-refractivity contribution is 6.36. The third-order valence-electron chi connectivity index (χ3n) is 1.56. The Morgan fingerprint density at radius 2 is 1.85 bits per heavy atom. The van der Waals surface area contributed by atoms with Crippen LogP contribution >= 0.6 is 23.2 Å². The maximum atomic E-state index is 12.7. The van der Waals surface area contributed by atoms with Gasteiger partial charge in [0.05, 0.1) is 16.1 Å². The zero-order valence-electron chi connectivity index (χ0n) is 6.60. The molecule has 1 rings (SSSR count). The molecule has 0 aliphatic heterocycles. The molecular weight excluding hydrogens is 214 g/mol. The minimum Gasteiger partial charge on any atom is -0.384 e. The molecule has 1 N–H and O–H groups in total. The van der Waals surface area contributed by atoms with Crippen molar-refractivity contribution in [3.63, 3.8) is 0 Å². The third kappa shape index (κ3) is 2.21. The molecule has 1 nitrogen and oxygen atoms in total. The Hall–Kier alpha value is -0.570. The first kappa shape index (κ1) is 10.5. The molecule has 0 saturated heterocycles. The van der Waals surface area contributed by atoms with Crippen LogP contribution in [0.4, 0.5) is 4.39 Å². The first-order chi connectivity index (χ1) is 6.06. The summed E-state index contributed by atoms with van der Waals surface area (Å²) in [6.45, 7) is 3.38. The SMILES string of the molecule is C=CC(O)c1c(Cl)cc(F)cc1Cl. The topological polar surface area (TPSA) is 20.2 Å². The van der Waals surface area contributed by atoms with Crippen LogP contribution in [-0.4, -0.2) is 5.11 Å². The summed E-state index contributed by atoms with van der Waals surface area (Å²) in [7, 11) is 0. The fourth-order valence-electron chi connectivity index (χ4n) is 0.954. The number of hydrogen-bond acceptors (Lipinski definition) is 1. The van der Waals surface area contributed by atoms with Crippen molar-refractivity contribution in [2.45, 2.75) is 6.10 Å². The number of halogens is 3. The Morgan fingerprint density at radius 3 is 2.23 bits per heavy atom. The van der Waals surface area contributed by atoms with Gasteiger partial charge in [0.2, 0.25) is 0 Å². The molecule has 0 radical (unpaired) electrons. The van der Waals surface area contributed by atoms with Crippen LogP contribution < -0.4 is 0 Å². The lowest BCUT2D eigenvalue weighted by Crippen LogP contribution is -1.96. The van der Waals surface area contributed by atoms with Crippen molar-refractivity contribution in [2.24, 2.45) is 0 Å².